The lowest BCUT2D eigenvalue weighted by atomic mass is 9.59. The van der Waals surface area contributed by atoms with Crippen LogP contribution in [0.5, 0.6) is 0 Å². The average molecular weight is 248 g/mol. The van der Waals surface area contributed by atoms with E-state index in [-0.39, 0.29) is 28.5 Å². The molecule has 98 valence electrons. The lowest BCUT2D eigenvalue weighted by Crippen LogP contribution is -2.47. The molecule has 0 amide bonds. The van der Waals surface area contributed by atoms with Crippen LogP contribution in [0.2, 0.25) is 0 Å². The maximum absolute atomic E-state index is 12.4. The zero-order valence-corrected chi connectivity index (χ0v) is 11.3. The molecule has 1 saturated heterocycles. The molecule has 5 atom stereocenters. The van der Waals surface area contributed by atoms with Gasteiger partial charge < -0.3 is 4.74 Å². The molecule has 0 aromatic carbocycles. The molecule has 3 nitrogen and oxygen atoms in total. The molecule has 0 aromatic heterocycles. The number of hydrogen-bond acceptors (Lipinski definition) is 3. The van der Waals surface area contributed by atoms with Crippen molar-refractivity contribution in [3.8, 4) is 0 Å². The first-order valence-electron chi connectivity index (χ1n) is 7.09. The molecular formula is C15H20O3. The molecule has 4 fully saturated rings. The molecule has 3 aliphatic carbocycles. The lowest BCUT2D eigenvalue weighted by molar-refractivity contribution is -0.158. The van der Waals surface area contributed by atoms with Gasteiger partial charge in [-0.2, -0.15) is 0 Å². The molecule has 2 unspecified atom stereocenters. The summed E-state index contributed by atoms with van der Waals surface area (Å²) in [7, 11) is 0. The van der Waals surface area contributed by atoms with E-state index in [4.69, 9.17) is 4.74 Å². The Morgan fingerprint density at radius 1 is 1.11 bits per heavy atom. The van der Waals surface area contributed by atoms with Gasteiger partial charge in [0, 0.05) is 11.8 Å². The summed E-state index contributed by atoms with van der Waals surface area (Å²) >= 11 is 0. The molecule has 3 heteroatoms. The third-order valence-corrected chi connectivity index (χ3v) is 6.70. The molecule has 1 heterocycles. The summed E-state index contributed by atoms with van der Waals surface area (Å²) in [5.41, 5.74) is -0.741. The Hall–Kier alpha value is -0.860. The molecule has 0 radical (unpaired) electrons. The van der Waals surface area contributed by atoms with Crippen LogP contribution in [-0.4, -0.2) is 17.4 Å². The standard InChI is InChI=1S/C15H20O3/c1-13(2)7-15-9-5-4-8(13)10(15)6-11(16)14(15,3)18-12(9)17/h8-10H,4-7H2,1-3H3/t8-,9?,10-,14?,15+/m1/s1. The Balaban J connectivity index is 1.97. The fourth-order valence-corrected chi connectivity index (χ4v) is 6.08. The molecule has 0 N–H and O–H groups in total. The number of esters is 1. The molecule has 2 bridgehead atoms. The maximum atomic E-state index is 12.4. The highest BCUT2D eigenvalue weighted by Gasteiger charge is 2.80. The van der Waals surface area contributed by atoms with E-state index in [9.17, 15) is 9.59 Å². The quantitative estimate of drug-likeness (QED) is 0.618. The summed E-state index contributed by atoms with van der Waals surface area (Å²) in [5, 5.41) is 0. The van der Waals surface area contributed by atoms with Gasteiger partial charge in [0.05, 0.1) is 5.92 Å². The fourth-order valence-electron chi connectivity index (χ4n) is 6.08. The van der Waals surface area contributed by atoms with Crippen molar-refractivity contribution in [2.24, 2.45) is 28.6 Å². The van der Waals surface area contributed by atoms with Crippen LogP contribution >= 0.6 is 0 Å². The van der Waals surface area contributed by atoms with Gasteiger partial charge in [-0.1, -0.05) is 13.8 Å². The Kier molecular flexibility index (Phi) is 1.64. The van der Waals surface area contributed by atoms with Gasteiger partial charge in [-0.25, -0.2) is 0 Å². The van der Waals surface area contributed by atoms with Gasteiger partial charge in [-0.3, -0.25) is 9.59 Å². The molecule has 1 aliphatic heterocycles. The number of ketones is 1. The van der Waals surface area contributed by atoms with Crippen LogP contribution in [0.25, 0.3) is 0 Å². The summed E-state index contributed by atoms with van der Waals surface area (Å²) in [6.07, 6.45) is 3.62. The lowest BCUT2D eigenvalue weighted by Gasteiger charge is -2.40. The molecule has 3 saturated carbocycles. The van der Waals surface area contributed by atoms with Crippen molar-refractivity contribution in [2.75, 3.05) is 0 Å². The fraction of sp³-hybridized carbons (Fsp3) is 0.867. The number of hydrogen-bond donors (Lipinski definition) is 0. The van der Waals surface area contributed by atoms with E-state index in [0.717, 1.165) is 19.3 Å². The van der Waals surface area contributed by atoms with E-state index >= 15 is 0 Å². The van der Waals surface area contributed by atoms with Crippen molar-refractivity contribution in [1.82, 2.24) is 0 Å². The molecule has 0 aromatic rings. The minimum Gasteiger partial charge on any atom is -0.450 e. The zero-order chi connectivity index (χ0) is 12.9. The van der Waals surface area contributed by atoms with Crippen LogP contribution in [0.4, 0.5) is 0 Å². The largest absolute Gasteiger partial charge is 0.450 e. The van der Waals surface area contributed by atoms with Gasteiger partial charge in [0.25, 0.3) is 0 Å². The van der Waals surface area contributed by atoms with Crippen LogP contribution in [-0.2, 0) is 14.3 Å². The monoisotopic (exact) mass is 248 g/mol. The summed E-state index contributed by atoms with van der Waals surface area (Å²) in [5.74, 6) is 1.03. The van der Waals surface area contributed by atoms with E-state index in [1.54, 1.807) is 0 Å². The number of rotatable bonds is 0. The van der Waals surface area contributed by atoms with Crippen molar-refractivity contribution in [3.63, 3.8) is 0 Å². The van der Waals surface area contributed by atoms with Gasteiger partial charge in [0.1, 0.15) is 0 Å². The topological polar surface area (TPSA) is 43.4 Å². The maximum Gasteiger partial charge on any atom is 0.310 e. The van der Waals surface area contributed by atoms with Crippen LogP contribution in [0.3, 0.4) is 0 Å². The van der Waals surface area contributed by atoms with Crippen LogP contribution in [0.15, 0.2) is 0 Å². The molecular weight excluding hydrogens is 228 g/mol. The van der Waals surface area contributed by atoms with Crippen molar-refractivity contribution in [3.05, 3.63) is 0 Å². The Bertz CT molecular complexity index is 480. The van der Waals surface area contributed by atoms with Gasteiger partial charge >= 0.3 is 5.97 Å². The third-order valence-electron chi connectivity index (χ3n) is 6.70. The van der Waals surface area contributed by atoms with Gasteiger partial charge in [-0.15, -0.1) is 0 Å². The van der Waals surface area contributed by atoms with E-state index in [2.05, 4.69) is 13.8 Å². The summed E-state index contributed by atoms with van der Waals surface area (Å²) < 4.78 is 5.62. The highest BCUT2D eigenvalue weighted by Crippen LogP contribution is 2.76. The summed E-state index contributed by atoms with van der Waals surface area (Å²) in [6.45, 7) is 6.50. The summed E-state index contributed by atoms with van der Waals surface area (Å²) in [4.78, 5) is 24.6. The van der Waals surface area contributed by atoms with Crippen molar-refractivity contribution >= 4 is 11.8 Å². The number of carbonyl (C=O) groups is 2. The number of Topliss-reactive ketones (excluding diaryl/α,β-unsaturated/α-hetero) is 1. The first-order chi connectivity index (χ1) is 8.33. The van der Waals surface area contributed by atoms with E-state index in [1.807, 2.05) is 6.92 Å². The number of ether oxygens (including phenoxy) is 1. The smallest absolute Gasteiger partial charge is 0.310 e. The first kappa shape index (κ1) is 11.0. The Morgan fingerprint density at radius 3 is 2.56 bits per heavy atom. The minimum absolute atomic E-state index is 0.0167. The van der Waals surface area contributed by atoms with Crippen LogP contribution < -0.4 is 0 Å². The minimum atomic E-state index is -0.814. The van der Waals surface area contributed by atoms with E-state index in [1.165, 1.54) is 0 Å². The van der Waals surface area contributed by atoms with Crippen LogP contribution in [0, 0.1) is 28.6 Å². The number of carbonyl (C=O) groups excluding carboxylic acids is 2. The third kappa shape index (κ3) is 0.837. The van der Waals surface area contributed by atoms with Crippen molar-refractivity contribution in [1.29, 1.82) is 0 Å². The molecule has 18 heavy (non-hydrogen) atoms. The second-order valence-electron chi connectivity index (χ2n) is 7.63. The molecule has 4 aliphatic rings. The van der Waals surface area contributed by atoms with Gasteiger partial charge in [-0.05, 0) is 43.4 Å². The Morgan fingerprint density at radius 2 is 1.83 bits per heavy atom. The van der Waals surface area contributed by atoms with Crippen molar-refractivity contribution in [2.45, 2.75) is 52.1 Å². The van der Waals surface area contributed by atoms with Crippen LogP contribution in [0.1, 0.15) is 46.5 Å². The highest BCUT2D eigenvalue weighted by molar-refractivity contribution is 5.97. The molecule has 4 rings (SSSR count). The Labute approximate surface area is 107 Å². The van der Waals surface area contributed by atoms with Crippen molar-refractivity contribution < 1.29 is 14.3 Å². The van der Waals surface area contributed by atoms with E-state index < -0.39 is 5.60 Å². The zero-order valence-electron chi connectivity index (χ0n) is 11.3. The average Bonchev–Trinajstić information content (AvgIpc) is 2.66. The summed E-state index contributed by atoms with van der Waals surface area (Å²) in [6, 6.07) is 0. The van der Waals surface area contributed by atoms with Gasteiger partial charge in [0.2, 0.25) is 0 Å². The van der Waals surface area contributed by atoms with E-state index in [0.29, 0.717) is 18.3 Å². The second-order valence-corrected chi connectivity index (χ2v) is 7.63. The predicted molar refractivity (Wildman–Crippen MR) is 64.7 cm³/mol. The second kappa shape index (κ2) is 2.68. The van der Waals surface area contributed by atoms with Gasteiger partial charge in [0.15, 0.2) is 11.4 Å². The molecule has 1 spiro atoms. The SMILES string of the molecule is CC1(C)C[C@]23C4CC[C@@H]1[C@H]2CC(=O)C3(C)OC4=O. The first-order valence-corrected chi connectivity index (χ1v) is 7.09. The normalized spacial score (nSPS) is 55.6. The highest BCUT2D eigenvalue weighted by atomic mass is 16.6. The predicted octanol–water partition coefficient (Wildman–Crippen LogP) is 2.33.